The van der Waals surface area contributed by atoms with E-state index in [0.29, 0.717) is 6.42 Å². The number of hydrogen-bond donors (Lipinski definition) is 0. The lowest BCUT2D eigenvalue weighted by Gasteiger charge is -2.34. The summed E-state index contributed by atoms with van der Waals surface area (Å²) in [5, 5.41) is 0. The molecule has 0 spiro atoms. The van der Waals surface area contributed by atoms with Crippen LogP contribution in [0.3, 0.4) is 0 Å². The van der Waals surface area contributed by atoms with E-state index in [9.17, 15) is 4.79 Å². The Kier molecular flexibility index (Phi) is 6.01. The number of ether oxygens (including phenoxy) is 1. The van der Waals surface area contributed by atoms with Gasteiger partial charge >= 0.3 is 0 Å². The molecule has 1 saturated heterocycles. The molecule has 4 nitrogen and oxygen atoms in total. The molecule has 1 aliphatic heterocycles. The molecular weight excluding hydrogens is 320 g/mol. The van der Waals surface area contributed by atoms with E-state index in [1.54, 1.807) is 7.11 Å². The van der Waals surface area contributed by atoms with E-state index in [0.717, 1.165) is 49.4 Å². The van der Waals surface area contributed by atoms with Crippen LogP contribution in [0, 0.1) is 0 Å². The molecule has 0 aliphatic carbocycles. The minimum Gasteiger partial charge on any atom is -0.383 e. The molecule has 20 heavy (non-hydrogen) atoms. The van der Waals surface area contributed by atoms with Crippen molar-refractivity contribution < 1.29 is 9.53 Å². The first-order chi connectivity index (χ1) is 9.69. The molecule has 1 aromatic carbocycles. The maximum Gasteiger partial charge on any atom is 0.227 e. The largest absolute Gasteiger partial charge is 0.383 e. The van der Waals surface area contributed by atoms with Gasteiger partial charge in [0.15, 0.2) is 0 Å². The van der Waals surface area contributed by atoms with Crippen LogP contribution in [-0.4, -0.2) is 62.1 Å². The Morgan fingerprint density at radius 3 is 2.70 bits per heavy atom. The van der Waals surface area contributed by atoms with Gasteiger partial charge in [0.2, 0.25) is 5.91 Å². The number of carbonyl (C=O) groups excluding carboxylic acids is 1. The standard InChI is InChI=1S/C15H21BrN2O2/c1-20-10-9-17-5-7-18(8-6-17)15(19)12-13-3-2-4-14(16)11-13/h2-4,11H,5-10,12H2,1H3. The van der Waals surface area contributed by atoms with Crippen molar-refractivity contribution >= 4 is 21.8 Å². The Morgan fingerprint density at radius 2 is 2.05 bits per heavy atom. The molecule has 1 aromatic rings. The van der Waals surface area contributed by atoms with Crippen LogP contribution < -0.4 is 0 Å². The molecule has 0 N–H and O–H groups in total. The van der Waals surface area contributed by atoms with Crippen LogP contribution in [0.25, 0.3) is 0 Å². The van der Waals surface area contributed by atoms with Gasteiger partial charge in [-0.15, -0.1) is 0 Å². The van der Waals surface area contributed by atoms with E-state index < -0.39 is 0 Å². The van der Waals surface area contributed by atoms with E-state index in [1.807, 2.05) is 29.2 Å². The van der Waals surface area contributed by atoms with E-state index in [1.165, 1.54) is 0 Å². The number of methoxy groups -OCH3 is 1. The summed E-state index contributed by atoms with van der Waals surface area (Å²) >= 11 is 3.44. The number of hydrogen-bond acceptors (Lipinski definition) is 3. The molecule has 0 aromatic heterocycles. The lowest BCUT2D eigenvalue weighted by atomic mass is 10.1. The normalized spacial score (nSPS) is 16.4. The SMILES string of the molecule is COCCN1CCN(C(=O)Cc2cccc(Br)c2)CC1. The average molecular weight is 341 g/mol. The van der Waals surface area contributed by atoms with Crippen molar-refractivity contribution in [2.75, 3.05) is 46.4 Å². The van der Waals surface area contributed by atoms with Crippen LogP contribution in [0.15, 0.2) is 28.7 Å². The van der Waals surface area contributed by atoms with Gasteiger partial charge in [-0.2, -0.15) is 0 Å². The first kappa shape index (κ1) is 15.5. The first-order valence-corrected chi connectivity index (χ1v) is 7.72. The number of nitrogens with zero attached hydrogens (tertiary/aromatic N) is 2. The zero-order chi connectivity index (χ0) is 14.4. The van der Waals surface area contributed by atoms with Gasteiger partial charge in [0.05, 0.1) is 13.0 Å². The van der Waals surface area contributed by atoms with Crippen molar-refractivity contribution in [2.45, 2.75) is 6.42 Å². The molecule has 0 saturated carbocycles. The zero-order valence-electron chi connectivity index (χ0n) is 11.8. The minimum absolute atomic E-state index is 0.217. The molecule has 1 aliphatic rings. The van der Waals surface area contributed by atoms with E-state index >= 15 is 0 Å². The molecule has 5 heteroatoms. The van der Waals surface area contributed by atoms with Gasteiger partial charge in [-0.05, 0) is 17.7 Å². The lowest BCUT2D eigenvalue weighted by molar-refractivity contribution is -0.132. The Labute approximate surface area is 128 Å². The van der Waals surface area contributed by atoms with Gasteiger partial charge in [-0.25, -0.2) is 0 Å². The van der Waals surface area contributed by atoms with Crippen molar-refractivity contribution in [1.29, 1.82) is 0 Å². The van der Waals surface area contributed by atoms with Crippen LogP contribution >= 0.6 is 15.9 Å². The molecule has 0 atom stereocenters. The molecule has 0 radical (unpaired) electrons. The summed E-state index contributed by atoms with van der Waals surface area (Å²) in [6.07, 6.45) is 0.484. The van der Waals surface area contributed by atoms with Crippen LogP contribution in [0.5, 0.6) is 0 Å². The number of piperazine rings is 1. The van der Waals surface area contributed by atoms with Crippen molar-refractivity contribution in [3.8, 4) is 0 Å². The van der Waals surface area contributed by atoms with E-state index in [4.69, 9.17) is 4.74 Å². The van der Waals surface area contributed by atoms with Crippen LogP contribution in [0.2, 0.25) is 0 Å². The highest BCUT2D eigenvalue weighted by Crippen LogP contribution is 2.13. The molecule has 0 unspecified atom stereocenters. The quantitative estimate of drug-likeness (QED) is 0.819. The lowest BCUT2D eigenvalue weighted by Crippen LogP contribution is -2.49. The van der Waals surface area contributed by atoms with E-state index in [-0.39, 0.29) is 5.91 Å². The Balaban J connectivity index is 1.80. The fraction of sp³-hybridized carbons (Fsp3) is 0.533. The second-order valence-electron chi connectivity index (χ2n) is 5.02. The molecule has 110 valence electrons. The summed E-state index contributed by atoms with van der Waals surface area (Å²) < 4.78 is 6.10. The summed E-state index contributed by atoms with van der Waals surface area (Å²) in [5.74, 6) is 0.217. The second-order valence-corrected chi connectivity index (χ2v) is 5.94. The van der Waals surface area contributed by atoms with Gasteiger partial charge < -0.3 is 9.64 Å². The van der Waals surface area contributed by atoms with Crippen LogP contribution in [-0.2, 0) is 16.0 Å². The monoisotopic (exact) mass is 340 g/mol. The second kappa shape index (κ2) is 7.76. The highest BCUT2D eigenvalue weighted by atomic mass is 79.9. The Bertz CT molecular complexity index is 445. The van der Waals surface area contributed by atoms with Gasteiger partial charge in [0.25, 0.3) is 0 Å². The van der Waals surface area contributed by atoms with Crippen molar-refractivity contribution in [3.05, 3.63) is 34.3 Å². The Hall–Kier alpha value is -0.910. The van der Waals surface area contributed by atoms with Crippen molar-refractivity contribution in [3.63, 3.8) is 0 Å². The third-order valence-corrected chi connectivity index (χ3v) is 4.07. The third-order valence-electron chi connectivity index (χ3n) is 3.58. The third kappa shape index (κ3) is 4.58. The molecule has 0 bridgehead atoms. The molecule has 1 fully saturated rings. The first-order valence-electron chi connectivity index (χ1n) is 6.92. The van der Waals surface area contributed by atoms with E-state index in [2.05, 4.69) is 20.8 Å². The van der Waals surface area contributed by atoms with Crippen molar-refractivity contribution in [2.24, 2.45) is 0 Å². The van der Waals surface area contributed by atoms with Crippen molar-refractivity contribution in [1.82, 2.24) is 9.80 Å². The molecular formula is C15H21BrN2O2. The maximum atomic E-state index is 12.3. The molecule has 1 amide bonds. The highest BCUT2D eigenvalue weighted by Gasteiger charge is 2.20. The number of amides is 1. The molecule has 1 heterocycles. The van der Waals surface area contributed by atoms with Crippen LogP contribution in [0.1, 0.15) is 5.56 Å². The number of benzene rings is 1. The summed E-state index contributed by atoms with van der Waals surface area (Å²) in [6.45, 7) is 5.21. The fourth-order valence-corrected chi connectivity index (χ4v) is 2.82. The number of carbonyl (C=O) groups is 1. The Morgan fingerprint density at radius 1 is 1.30 bits per heavy atom. The van der Waals surface area contributed by atoms with Gasteiger partial charge in [-0.3, -0.25) is 9.69 Å². The zero-order valence-corrected chi connectivity index (χ0v) is 13.4. The fourth-order valence-electron chi connectivity index (χ4n) is 2.37. The maximum absolute atomic E-state index is 12.3. The predicted molar refractivity (Wildman–Crippen MR) is 82.7 cm³/mol. The van der Waals surface area contributed by atoms with Crippen LogP contribution in [0.4, 0.5) is 0 Å². The predicted octanol–water partition coefficient (Wildman–Crippen LogP) is 1.78. The molecule has 2 rings (SSSR count). The van der Waals surface area contributed by atoms with Gasteiger partial charge in [0.1, 0.15) is 0 Å². The number of halogens is 1. The van der Waals surface area contributed by atoms with Gasteiger partial charge in [-0.1, -0.05) is 28.1 Å². The van der Waals surface area contributed by atoms with Gasteiger partial charge in [0, 0.05) is 44.3 Å². The number of rotatable bonds is 5. The average Bonchev–Trinajstić information content (AvgIpc) is 2.45. The topological polar surface area (TPSA) is 32.8 Å². The summed E-state index contributed by atoms with van der Waals surface area (Å²) in [6, 6.07) is 7.95. The minimum atomic E-state index is 0.217. The summed E-state index contributed by atoms with van der Waals surface area (Å²) in [7, 11) is 1.72. The smallest absolute Gasteiger partial charge is 0.227 e. The summed E-state index contributed by atoms with van der Waals surface area (Å²) in [4.78, 5) is 16.6. The summed E-state index contributed by atoms with van der Waals surface area (Å²) in [5.41, 5.74) is 1.06. The highest BCUT2D eigenvalue weighted by molar-refractivity contribution is 9.10.